The molecule has 3 unspecified atom stereocenters. The SMILES string of the molecule is CCCC1C=CC(C2CCC(c3ccc(C4CO4)c(F)c3F)CC2)CC1. The lowest BCUT2D eigenvalue weighted by molar-refractivity contribution is 0.237. The molecule has 0 aromatic heterocycles. The predicted molar refractivity (Wildman–Crippen MR) is 100 cm³/mol. The van der Waals surface area contributed by atoms with E-state index in [0.29, 0.717) is 23.7 Å². The maximum Gasteiger partial charge on any atom is 0.165 e. The van der Waals surface area contributed by atoms with Crippen LogP contribution in [0.3, 0.4) is 0 Å². The first-order valence-electron chi connectivity index (χ1n) is 10.4. The second kappa shape index (κ2) is 7.80. The van der Waals surface area contributed by atoms with E-state index in [1.165, 1.54) is 25.7 Å². The van der Waals surface area contributed by atoms with E-state index in [-0.39, 0.29) is 12.0 Å². The second-order valence-electron chi connectivity index (χ2n) is 8.48. The molecule has 1 saturated carbocycles. The van der Waals surface area contributed by atoms with Crippen LogP contribution in [0.4, 0.5) is 8.78 Å². The van der Waals surface area contributed by atoms with Crippen molar-refractivity contribution in [2.24, 2.45) is 17.8 Å². The molecule has 1 aromatic carbocycles. The maximum atomic E-state index is 14.6. The first kappa shape index (κ1) is 18.2. The van der Waals surface area contributed by atoms with E-state index in [1.807, 2.05) is 0 Å². The molecule has 1 aromatic rings. The smallest absolute Gasteiger partial charge is 0.165 e. The molecule has 4 rings (SSSR count). The van der Waals surface area contributed by atoms with Crippen LogP contribution in [0, 0.1) is 29.4 Å². The van der Waals surface area contributed by atoms with Crippen molar-refractivity contribution in [3.63, 3.8) is 0 Å². The van der Waals surface area contributed by atoms with Crippen LogP contribution in [0.25, 0.3) is 0 Å². The van der Waals surface area contributed by atoms with E-state index in [9.17, 15) is 8.78 Å². The molecule has 2 fully saturated rings. The Morgan fingerprint density at radius 2 is 1.62 bits per heavy atom. The van der Waals surface area contributed by atoms with Crippen LogP contribution in [0.1, 0.15) is 81.4 Å². The molecule has 0 amide bonds. The van der Waals surface area contributed by atoms with Gasteiger partial charge in [0, 0.05) is 5.56 Å². The Morgan fingerprint density at radius 3 is 2.23 bits per heavy atom. The minimum absolute atomic E-state index is 0.162. The zero-order valence-corrected chi connectivity index (χ0v) is 15.7. The summed E-state index contributed by atoms with van der Waals surface area (Å²) in [5, 5.41) is 0. The summed E-state index contributed by atoms with van der Waals surface area (Å²) in [7, 11) is 0. The molecule has 26 heavy (non-hydrogen) atoms. The number of epoxide rings is 1. The molecule has 1 aliphatic heterocycles. The quantitative estimate of drug-likeness (QED) is 0.421. The van der Waals surface area contributed by atoms with Crippen LogP contribution in [-0.2, 0) is 4.74 Å². The fourth-order valence-electron chi connectivity index (χ4n) is 5.13. The van der Waals surface area contributed by atoms with Crippen molar-refractivity contribution in [3.05, 3.63) is 47.0 Å². The standard InChI is InChI=1S/C23H30F2O/c1-2-3-15-4-6-16(7-5-15)17-8-10-18(11-9-17)19-12-13-20(21-14-26-21)23(25)22(19)24/h4,6,12-13,15-18,21H,2-3,5,7-11,14H2,1H3. The van der Waals surface area contributed by atoms with Crippen LogP contribution >= 0.6 is 0 Å². The Labute approximate surface area is 155 Å². The number of rotatable bonds is 5. The van der Waals surface area contributed by atoms with E-state index in [4.69, 9.17) is 4.74 Å². The summed E-state index contributed by atoms with van der Waals surface area (Å²) in [6, 6.07) is 3.53. The third-order valence-corrected chi connectivity index (χ3v) is 6.80. The summed E-state index contributed by atoms with van der Waals surface area (Å²) in [6.45, 7) is 2.77. The van der Waals surface area contributed by atoms with E-state index in [0.717, 1.165) is 37.5 Å². The molecular formula is C23H30F2O. The van der Waals surface area contributed by atoms with E-state index in [1.54, 1.807) is 12.1 Å². The van der Waals surface area contributed by atoms with Crippen LogP contribution < -0.4 is 0 Å². The minimum atomic E-state index is -0.690. The topological polar surface area (TPSA) is 12.5 Å². The van der Waals surface area contributed by atoms with Gasteiger partial charge in [-0.2, -0.15) is 0 Å². The Kier molecular flexibility index (Phi) is 5.45. The molecule has 1 heterocycles. The first-order valence-corrected chi connectivity index (χ1v) is 10.4. The number of hydrogen-bond donors (Lipinski definition) is 0. The lowest BCUT2D eigenvalue weighted by atomic mass is 9.70. The highest BCUT2D eigenvalue weighted by atomic mass is 19.2. The molecule has 3 heteroatoms. The Hall–Kier alpha value is -1.22. The maximum absolute atomic E-state index is 14.6. The summed E-state index contributed by atoms with van der Waals surface area (Å²) in [4.78, 5) is 0. The van der Waals surface area contributed by atoms with Crippen molar-refractivity contribution >= 4 is 0 Å². The molecule has 1 nitrogen and oxygen atoms in total. The number of ether oxygens (including phenoxy) is 1. The van der Waals surface area contributed by atoms with Gasteiger partial charge in [0.15, 0.2) is 11.6 Å². The fourth-order valence-corrected chi connectivity index (χ4v) is 5.13. The normalized spacial score (nSPS) is 34.0. The van der Waals surface area contributed by atoms with Gasteiger partial charge in [0.25, 0.3) is 0 Å². The summed E-state index contributed by atoms with van der Waals surface area (Å²) in [5.74, 6) is 1.02. The van der Waals surface area contributed by atoms with Gasteiger partial charge in [-0.3, -0.25) is 0 Å². The van der Waals surface area contributed by atoms with Crippen LogP contribution in [0.2, 0.25) is 0 Å². The molecule has 3 aliphatic rings. The molecule has 142 valence electrons. The van der Waals surface area contributed by atoms with Crippen molar-refractivity contribution < 1.29 is 13.5 Å². The highest BCUT2D eigenvalue weighted by molar-refractivity contribution is 5.32. The summed E-state index contributed by atoms with van der Waals surface area (Å²) in [6.07, 6.45) is 14.1. The lowest BCUT2D eigenvalue weighted by Crippen LogP contribution is -2.23. The monoisotopic (exact) mass is 360 g/mol. The summed E-state index contributed by atoms with van der Waals surface area (Å²) >= 11 is 0. The molecule has 0 radical (unpaired) electrons. The fraction of sp³-hybridized carbons (Fsp3) is 0.652. The molecular weight excluding hydrogens is 330 g/mol. The third kappa shape index (κ3) is 3.74. The molecule has 2 aliphatic carbocycles. The molecule has 0 bridgehead atoms. The van der Waals surface area contributed by atoms with Gasteiger partial charge in [0.1, 0.15) is 6.10 Å². The first-order chi connectivity index (χ1) is 12.7. The van der Waals surface area contributed by atoms with Gasteiger partial charge < -0.3 is 4.74 Å². The van der Waals surface area contributed by atoms with Gasteiger partial charge in [-0.1, -0.05) is 37.6 Å². The van der Waals surface area contributed by atoms with Crippen molar-refractivity contribution in [3.8, 4) is 0 Å². The third-order valence-electron chi connectivity index (χ3n) is 6.80. The van der Waals surface area contributed by atoms with Gasteiger partial charge in [0.05, 0.1) is 6.61 Å². The van der Waals surface area contributed by atoms with Crippen LogP contribution in [-0.4, -0.2) is 6.61 Å². The van der Waals surface area contributed by atoms with Crippen LogP contribution in [0.15, 0.2) is 24.3 Å². The average Bonchev–Trinajstić information content (AvgIpc) is 3.50. The lowest BCUT2D eigenvalue weighted by Gasteiger charge is -2.35. The minimum Gasteiger partial charge on any atom is -0.368 e. The highest BCUT2D eigenvalue weighted by Crippen LogP contribution is 2.44. The number of hydrogen-bond acceptors (Lipinski definition) is 1. The zero-order valence-electron chi connectivity index (χ0n) is 15.7. The largest absolute Gasteiger partial charge is 0.368 e. The van der Waals surface area contributed by atoms with E-state index < -0.39 is 11.6 Å². The van der Waals surface area contributed by atoms with E-state index >= 15 is 0 Å². The summed E-state index contributed by atoms with van der Waals surface area (Å²) < 4.78 is 34.0. The number of halogens is 2. The van der Waals surface area contributed by atoms with Gasteiger partial charge in [-0.15, -0.1) is 0 Å². The van der Waals surface area contributed by atoms with Gasteiger partial charge in [-0.05, 0) is 74.2 Å². The Balaban J connectivity index is 1.37. The molecule has 0 N–H and O–H groups in total. The summed E-state index contributed by atoms with van der Waals surface area (Å²) in [5.41, 5.74) is 0.960. The van der Waals surface area contributed by atoms with Gasteiger partial charge >= 0.3 is 0 Å². The van der Waals surface area contributed by atoms with Crippen molar-refractivity contribution in [2.75, 3.05) is 6.61 Å². The Morgan fingerprint density at radius 1 is 0.923 bits per heavy atom. The second-order valence-corrected chi connectivity index (χ2v) is 8.48. The molecule has 3 atom stereocenters. The molecule has 1 saturated heterocycles. The Bertz CT molecular complexity index is 656. The van der Waals surface area contributed by atoms with Crippen LogP contribution in [0.5, 0.6) is 0 Å². The van der Waals surface area contributed by atoms with Gasteiger partial charge in [0.2, 0.25) is 0 Å². The number of benzene rings is 1. The highest BCUT2D eigenvalue weighted by Gasteiger charge is 2.33. The van der Waals surface area contributed by atoms with E-state index in [2.05, 4.69) is 19.1 Å². The van der Waals surface area contributed by atoms with Crippen molar-refractivity contribution in [1.82, 2.24) is 0 Å². The predicted octanol–water partition coefficient (Wildman–Crippen LogP) is 6.69. The van der Waals surface area contributed by atoms with Crippen molar-refractivity contribution in [2.45, 2.75) is 70.3 Å². The number of allylic oxidation sites excluding steroid dienone is 2. The van der Waals surface area contributed by atoms with Gasteiger partial charge in [-0.25, -0.2) is 8.78 Å². The average molecular weight is 360 g/mol. The van der Waals surface area contributed by atoms with Crippen molar-refractivity contribution in [1.29, 1.82) is 0 Å². The molecule has 0 spiro atoms. The zero-order chi connectivity index (χ0) is 18.1.